The smallest absolute Gasteiger partial charge is 0.116 e. The topological polar surface area (TPSA) is 3.24 Å². The summed E-state index contributed by atoms with van der Waals surface area (Å²) in [6.07, 6.45) is 5.46. The minimum absolute atomic E-state index is 0.671. The van der Waals surface area contributed by atoms with E-state index in [1.54, 1.807) is 0 Å². The predicted octanol–water partition coefficient (Wildman–Crippen LogP) is 5.01. The van der Waals surface area contributed by atoms with E-state index in [1.165, 1.54) is 37.8 Å². The standard InChI is InChI=1S/C12H28BrNSi2/c1-6-7-8-9-12(13)14-15(2,3)10-11-16(14,4)5/h12H,6-11H2,1-5H3. The van der Waals surface area contributed by atoms with E-state index in [0.29, 0.717) is 4.95 Å². The van der Waals surface area contributed by atoms with Crippen LogP contribution < -0.4 is 0 Å². The van der Waals surface area contributed by atoms with Gasteiger partial charge in [0.15, 0.2) is 0 Å². The van der Waals surface area contributed by atoms with Gasteiger partial charge >= 0.3 is 0 Å². The molecule has 1 aliphatic rings. The van der Waals surface area contributed by atoms with Crippen molar-refractivity contribution in [3.05, 3.63) is 0 Å². The van der Waals surface area contributed by atoms with Crippen molar-refractivity contribution in [1.29, 1.82) is 0 Å². The molecule has 16 heavy (non-hydrogen) atoms. The summed E-state index contributed by atoms with van der Waals surface area (Å²) >= 11 is 3.98. The van der Waals surface area contributed by atoms with Gasteiger partial charge in [-0.15, -0.1) is 0 Å². The minimum Gasteiger partial charge on any atom is -0.334 e. The van der Waals surface area contributed by atoms with Gasteiger partial charge in [-0.05, 0) is 18.5 Å². The molecule has 1 rings (SSSR count). The predicted molar refractivity (Wildman–Crippen MR) is 83.3 cm³/mol. The second-order valence-corrected chi connectivity index (χ2v) is 17.1. The van der Waals surface area contributed by atoms with Gasteiger partial charge in [0.25, 0.3) is 0 Å². The molecule has 1 aliphatic heterocycles. The Morgan fingerprint density at radius 3 is 2.00 bits per heavy atom. The van der Waals surface area contributed by atoms with E-state index in [4.69, 9.17) is 0 Å². The molecule has 0 radical (unpaired) electrons. The average molecular weight is 322 g/mol. The normalized spacial score (nSPS) is 25.9. The summed E-state index contributed by atoms with van der Waals surface area (Å²) in [5.41, 5.74) is 0. The molecule has 0 N–H and O–H groups in total. The van der Waals surface area contributed by atoms with Gasteiger partial charge in [-0.1, -0.05) is 68.3 Å². The highest BCUT2D eigenvalue weighted by Gasteiger charge is 2.49. The highest BCUT2D eigenvalue weighted by atomic mass is 79.9. The lowest BCUT2D eigenvalue weighted by atomic mass is 10.2. The number of alkyl halides is 1. The maximum absolute atomic E-state index is 3.98. The Hall–Kier alpha value is 0.874. The molecule has 1 nitrogen and oxygen atoms in total. The Balaban J connectivity index is 2.61. The summed E-state index contributed by atoms with van der Waals surface area (Å²) in [7, 11) is -2.16. The van der Waals surface area contributed by atoms with Gasteiger partial charge in [0.05, 0.1) is 4.95 Å². The SMILES string of the molecule is CCCCCC(Br)N1[Si](C)(C)CC[Si]1(C)C. The second-order valence-electron chi connectivity index (χ2n) is 6.43. The molecule has 1 fully saturated rings. The Morgan fingerprint density at radius 2 is 1.56 bits per heavy atom. The van der Waals surface area contributed by atoms with Crippen LogP contribution in [0, 0.1) is 0 Å². The van der Waals surface area contributed by atoms with Gasteiger partial charge in [0, 0.05) is 0 Å². The van der Waals surface area contributed by atoms with Gasteiger partial charge in [0.1, 0.15) is 16.5 Å². The zero-order valence-electron chi connectivity index (χ0n) is 11.6. The molecule has 96 valence electrons. The van der Waals surface area contributed by atoms with Crippen LogP contribution in [0.15, 0.2) is 0 Å². The first-order valence-corrected chi connectivity index (χ1v) is 14.0. The number of nitrogens with zero attached hydrogens (tertiary/aromatic N) is 1. The molecule has 1 atom stereocenters. The molecule has 0 aliphatic carbocycles. The Bertz CT molecular complexity index is 215. The van der Waals surface area contributed by atoms with Crippen LogP contribution in [0.3, 0.4) is 0 Å². The summed E-state index contributed by atoms with van der Waals surface area (Å²) in [4.78, 5) is 0.671. The summed E-state index contributed by atoms with van der Waals surface area (Å²) in [5.74, 6) is 0. The van der Waals surface area contributed by atoms with Crippen LogP contribution in [0.1, 0.15) is 32.6 Å². The third-order valence-electron chi connectivity index (χ3n) is 3.98. The third-order valence-corrected chi connectivity index (χ3v) is 15.9. The van der Waals surface area contributed by atoms with E-state index in [0.717, 1.165) is 0 Å². The van der Waals surface area contributed by atoms with E-state index in [1.807, 2.05) is 0 Å². The van der Waals surface area contributed by atoms with Crippen molar-refractivity contribution in [2.24, 2.45) is 0 Å². The van der Waals surface area contributed by atoms with Gasteiger partial charge < -0.3 is 4.23 Å². The van der Waals surface area contributed by atoms with Crippen molar-refractivity contribution < 1.29 is 0 Å². The highest BCUT2D eigenvalue weighted by molar-refractivity contribution is 9.09. The van der Waals surface area contributed by atoms with Crippen LogP contribution in [-0.2, 0) is 0 Å². The van der Waals surface area contributed by atoms with E-state index in [2.05, 4.69) is 53.3 Å². The second kappa shape index (κ2) is 5.68. The first-order valence-electron chi connectivity index (χ1n) is 6.75. The van der Waals surface area contributed by atoms with E-state index in [9.17, 15) is 0 Å². The highest BCUT2D eigenvalue weighted by Crippen LogP contribution is 2.40. The zero-order chi connectivity index (χ0) is 12.4. The molecule has 1 unspecified atom stereocenters. The van der Waals surface area contributed by atoms with Crippen LogP contribution >= 0.6 is 15.9 Å². The van der Waals surface area contributed by atoms with Crippen LogP contribution in [-0.4, -0.2) is 25.7 Å². The van der Waals surface area contributed by atoms with Crippen molar-refractivity contribution in [3.63, 3.8) is 0 Å². The van der Waals surface area contributed by atoms with Crippen LogP contribution in [0.5, 0.6) is 0 Å². The first kappa shape index (κ1) is 14.9. The lowest BCUT2D eigenvalue weighted by molar-refractivity contribution is 0.523. The number of halogens is 1. The van der Waals surface area contributed by atoms with Gasteiger partial charge in [-0.25, -0.2) is 0 Å². The number of unbranched alkanes of at least 4 members (excludes halogenated alkanes) is 2. The van der Waals surface area contributed by atoms with E-state index >= 15 is 0 Å². The molecule has 1 saturated heterocycles. The molecule has 0 bridgehead atoms. The molecule has 1 heterocycles. The molecule has 4 heteroatoms. The van der Waals surface area contributed by atoms with Crippen LogP contribution in [0.2, 0.25) is 38.3 Å². The lowest BCUT2D eigenvalue weighted by Gasteiger charge is -2.42. The summed E-state index contributed by atoms with van der Waals surface area (Å²) in [6.45, 7) is 12.5. The van der Waals surface area contributed by atoms with Crippen molar-refractivity contribution in [2.75, 3.05) is 0 Å². The van der Waals surface area contributed by atoms with Crippen molar-refractivity contribution in [3.8, 4) is 0 Å². The Morgan fingerprint density at radius 1 is 1.06 bits per heavy atom. The quantitative estimate of drug-likeness (QED) is 0.297. The monoisotopic (exact) mass is 321 g/mol. The molecule has 0 saturated carbocycles. The van der Waals surface area contributed by atoms with Crippen molar-refractivity contribution in [2.45, 2.75) is 75.8 Å². The first-order chi connectivity index (χ1) is 7.31. The number of rotatable bonds is 5. The van der Waals surface area contributed by atoms with Crippen molar-refractivity contribution in [1.82, 2.24) is 4.23 Å². The maximum Gasteiger partial charge on any atom is 0.116 e. The molecule has 0 spiro atoms. The molecule has 0 amide bonds. The Labute approximate surface area is 112 Å². The zero-order valence-corrected chi connectivity index (χ0v) is 15.2. The molecular weight excluding hydrogens is 294 g/mol. The fraction of sp³-hybridized carbons (Fsp3) is 1.00. The molecule has 0 aromatic carbocycles. The van der Waals surface area contributed by atoms with Crippen molar-refractivity contribution >= 4 is 32.4 Å². The lowest BCUT2D eigenvalue weighted by Crippen LogP contribution is -2.57. The molecule has 0 aromatic heterocycles. The third kappa shape index (κ3) is 3.43. The van der Waals surface area contributed by atoms with Crippen LogP contribution in [0.25, 0.3) is 0 Å². The maximum atomic E-state index is 3.98. The van der Waals surface area contributed by atoms with Gasteiger partial charge in [-0.3, -0.25) is 0 Å². The summed E-state index contributed by atoms with van der Waals surface area (Å²) in [6, 6.07) is 3.03. The van der Waals surface area contributed by atoms with Crippen LogP contribution in [0.4, 0.5) is 0 Å². The van der Waals surface area contributed by atoms with E-state index < -0.39 is 16.5 Å². The van der Waals surface area contributed by atoms with Gasteiger partial charge in [0.2, 0.25) is 0 Å². The molecule has 0 aromatic rings. The fourth-order valence-electron chi connectivity index (χ4n) is 3.12. The number of hydrogen-bond donors (Lipinski definition) is 0. The number of hydrogen-bond acceptors (Lipinski definition) is 1. The Kier molecular flexibility index (Phi) is 5.30. The summed E-state index contributed by atoms with van der Waals surface area (Å²) in [5, 5.41) is 0. The van der Waals surface area contributed by atoms with Gasteiger partial charge in [-0.2, -0.15) is 0 Å². The largest absolute Gasteiger partial charge is 0.334 e. The molecular formula is C12H28BrNSi2. The minimum atomic E-state index is -1.08. The average Bonchev–Trinajstić information content (AvgIpc) is 2.36. The van der Waals surface area contributed by atoms with E-state index in [-0.39, 0.29) is 0 Å². The fourth-order valence-corrected chi connectivity index (χ4v) is 21.1. The summed E-state index contributed by atoms with van der Waals surface area (Å²) < 4.78 is 2.97.